The molecule has 1 rings (SSSR count). The number of sulfone groups is 1. The number of amides is 1. The van der Waals surface area contributed by atoms with Crippen LogP contribution in [0.5, 0.6) is 0 Å². The second-order valence-corrected chi connectivity index (χ2v) is 6.79. The van der Waals surface area contributed by atoms with E-state index in [1.54, 1.807) is 12.1 Å². The number of hydrogen-bond acceptors (Lipinski definition) is 4. The summed E-state index contributed by atoms with van der Waals surface area (Å²) in [6.45, 7) is 4.07. The molecule has 0 radical (unpaired) electrons. The van der Waals surface area contributed by atoms with Crippen LogP contribution >= 0.6 is 0 Å². The summed E-state index contributed by atoms with van der Waals surface area (Å²) >= 11 is 0. The first-order valence-corrected chi connectivity index (χ1v) is 8.06. The molecule has 0 aliphatic carbocycles. The van der Waals surface area contributed by atoms with E-state index in [2.05, 4.69) is 0 Å². The zero-order valence-corrected chi connectivity index (χ0v) is 12.3. The van der Waals surface area contributed by atoms with Crippen molar-refractivity contribution < 1.29 is 13.2 Å². The van der Waals surface area contributed by atoms with Gasteiger partial charge in [-0.15, -0.1) is 0 Å². The predicted molar refractivity (Wildman–Crippen MR) is 76.7 cm³/mol. The maximum Gasteiger partial charge on any atom is 0.245 e. The molecule has 0 saturated carbocycles. The summed E-state index contributed by atoms with van der Waals surface area (Å²) in [4.78, 5) is 13.7. The number of nitrogens with two attached hydrogens (primary N) is 1. The maximum absolute atomic E-state index is 12.2. The molecule has 2 N–H and O–H groups in total. The van der Waals surface area contributed by atoms with Gasteiger partial charge in [-0.25, -0.2) is 8.42 Å². The van der Waals surface area contributed by atoms with Gasteiger partial charge in [0, 0.05) is 25.0 Å². The van der Waals surface area contributed by atoms with Crippen LogP contribution in [0.1, 0.15) is 19.4 Å². The van der Waals surface area contributed by atoms with E-state index in [0.29, 0.717) is 18.8 Å². The van der Waals surface area contributed by atoms with E-state index in [0.717, 1.165) is 11.8 Å². The smallest absolute Gasteiger partial charge is 0.245 e. The van der Waals surface area contributed by atoms with Crippen LogP contribution in [0.15, 0.2) is 24.3 Å². The fraction of sp³-hybridized carbons (Fsp3) is 0.462. The fourth-order valence-electron chi connectivity index (χ4n) is 1.68. The van der Waals surface area contributed by atoms with Gasteiger partial charge in [0.1, 0.15) is 5.25 Å². The standard InChI is InChI=1S/C13H20N2O3S/c1-4-15(13(16)10(2)19(3,17)18)12-7-5-11(9-14)6-8-12/h5-8,10H,4,9,14H2,1-3H3. The summed E-state index contributed by atoms with van der Waals surface area (Å²) in [7, 11) is -3.39. The molecular formula is C13H20N2O3S. The molecule has 1 amide bonds. The second kappa shape index (κ2) is 6.16. The van der Waals surface area contributed by atoms with Crippen molar-refractivity contribution in [3.05, 3.63) is 29.8 Å². The molecule has 0 bridgehead atoms. The van der Waals surface area contributed by atoms with Gasteiger partial charge in [0.2, 0.25) is 5.91 Å². The van der Waals surface area contributed by atoms with Crippen molar-refractivity contribution in [1.82, 2.24) is 0 Å². The van der Waals surface area contributed by atoms with Crippen molar-refractivity contribution in [2.75, 3.05) is 17.7 Å². The normalized spacial score (nSPS) is 13.1. The molecule has 1 aromatic carbocycles. The van der Waals surface area contributed by atoms with Crippen LogP contribution in [0.25, 0.3) is 0 Å². The van der Waals surface area contributed by atoms with Crippen molar-refractivity contribution in [2.45, 2.75) is 25.6 Å². The largest absolute Gasteiger partial charge is 0.326 e. The Morgan fingerprint density at radius 2 is 1.84 bits per heavy atom. The minimum atomic E-state index is -3.39. The molecule has 0 spiro atoms. The molecule has 5 nitrogen and oxygen atoms in total. The predicted octanol–water partition coefficient (Wildman–Crippen LogP) is 0.931. The molecule has 0 fully saturated rings. The van der Waals surface area contributed by atoms with Crippen LogP contribution in [0.3, 0.4) is 0 Å². The second-order valence-electron chi connectivity index (χ2n) is 4.42. The number of nitrogens with zero attached hydrogens (tertiary/aromatic N) is 1. The summed E-state index contributed by atoms with van der Waals surface area (Å²) in [5.41, 5.74) is 7.16. The third-order valence-electron chi connectivity index (χ3n) is 3.06. The Morgan fingerprint density at radius 1 is 1.32 bits per heavy atom. The highest BCUT2D eigenvalue weighted by Gasteiger charge is 2.28. The topological polar surface area (TPSA) is 80.5 Å². The lowest BCUT2D eigenvalue weighted by Crippen LogP contribution is -2.41. The van der Waals surface area contributed by atoms with Crippen LogP contribution in [0.2, 0.25) is 0 Å². The first-order valence-electron chi connectivity index (χ1n) is 6.10. The number of carbonyl (C=O) groups excluding carboxylic acids is 1. The third kappa shape index (κ3) is 3.78. The van der Waals surface area contributed by atoms with Crippen LogP contribution in [-0.4, -0.2) is 32.4 Å². The van der Waals surface area contributed by atoms with Gasteiger partial charge < -0.3 is 10.6 Å². The van der Waals surface area contributed by atoms with Gasteiger partial charge >= 0.3 is 0 Å². The minimum absolute atomic E-state index is 0.412. The van der Waals surface area contributed by atoms with Crippen LogP contribution < -0.4 is 10.6 Å². The van der Waals surface area contributed by atoms with E-state index in [-0.39, 0.29) is 0 Å². The monoisotopic (exact) mass is 284 g/mol. The van der Waals surface area contributed by atoms with E-state index in [9.17, 15) is 13.2 Å². The lowest BCUT2D eigenvalue weighted by atomic mass is 10.2. The molecule has 6 heteroatoms. The molecule has 1 atom stereocenters. The zero-order valence-electron chi connectivity index (χ0n) is 11.5. The van der Waals surface area contributed by atoms with Crippen molar-refractivity contribution in [2.24, 2.45) is 5.73 Å². The number of anilines is 1. The molecule has 0 saturated heterocycles. The molecule has 0 aliphatic heterocycles. The highest BCUT2D eigenvalue weighted by molar-refractivity contribution is 7.92. The van der Waals surface area contributed by atoms with Crippen molar-refractivity contribution in [1.29, 1.82) is 0 Å². The van der Waals surface area contributed by atoms with Gasteiger partial charge in [-0.2, -0.15) is 0 Å². The number of rotatable bonds is 5. The number of carbonyl (C=O) groups is 1. The van der Waals surface area contributed by atoms with E-state index < -0.39 is 21.0 Å². The summed E-state index contributed by atoms with van der Waals surface area (Å²) in [6, 6.07) is 7.21. The van der Waals surface area contributed by atoms with Gasteiger partial charge in [0.15, 0.2) is 9.84 Å². The Labute approximate surface area is 114 Å². The van der Waals surface area contributed by atoms with E-state index in [1.807, 2.05) is 19.1 Å². The van der Waals surface area contributed by atoms with E-state index in [4.69, 9.17) is 5.73 Å². The summed E-state index contributed by atoms with van der Waals surface area (Å²) in [6.07, 6.45) is 1.07. The SMILES string of the molecule is CCN(C(=O)C(C)S(C)(=O)=O)c1ccc(CN)cc1. The van der Waals surface area contributed by atoms with Gasteiger partial charge in [-0.05, 0) is 31.5 Å². The van der Waals surface area contributed by atoms with Gasteiger partial charge in [0.05, 0.1) is 0 Å². The van der Waals surface area contributed by atoms with E-state index >= 15 is 0 Å². The Bertz CT molecular complexity index is 538. The van der Waals surface area contributed by atoms with Crippen LogP contribution in [-0.2, 0) is 21.2 Å². The molecule has 106 valence electrons. The molecule has 1 aromatic rings. The summed E-state index contributed by atoms with van der Waals surface area (Å²) in [5.74, 6) is -0.412. The van der Waals surface area contributed by atoms with Crippen LogP contribution in [0, 0.1) is 0 Å². The minimum Gasteiger partial charge on any atom is -0.326 e. The van der Waals surface area contributed by atoms with Crippen molar-refractivity contribution in [3.8, 4) is 0 Å². The third-order valence-corrected chi connectivity index (χ3v) is 4.54. The average Bonchev–Trinajstić information content (AvgIpc) is 2.38. The Hall–Kier alpha value is -1.40. The van der Waals surface area contributed by atoms with Crippen molar-refractivity contribution in [3.63, 3.8) is 0 Å². The zero-order chi connectivity index (χ0) is 14.6. The van der Waals surface area contributed by atoms with Crippen LogP contribution in [0.4, 0.5) is 5.69 Å². The lowest BCUT2D eigenvalue weighted by Gasteiger charge is -2.24. The molecule has 0 heterocycles. The molecule has 0 aliphatic rings. The maximum atomic E-state index is 12.2. The highest BCUT2D eigenvalue weighted by Crippen LogP contribution is 2.17. The molecule has 19 heavy (non-hydrogen) atoms. The molecule has 0 aromatic heterocycles. The Balaban J connectivity index is 3.03. The van der Waals surface area contributed by atoms with Gasteiger partial charge in [-0.3, -0.25) is 4.79 Å². The Kier molecular flexibility index (Phi) is 5.08. The van der Waals surface area contributed by atoms with E-state index in [1.165, 1.54) is 11.8 Å². The summed E-state index contributed by atoms with van der Waals surface area (Å²) in [5, 5.41) is -1.04. The average molecular weight is 284 g/mol. The fourth-order valence-corrected chi connectivity index (χ4v) is 2.17. The first kappa shape index (κ1) is 15.7. The molecule has 1 unspecified atom stereocenters. The summed E-state index contributed by atoms with van der Waals surface area (Å²) < 4.78 is 22.9. The number of hydrogen-bond donors (Lipinski definition) is 1. The first-order chi connectivity index (χ1) is 8.81. The van der Waals surface area contributed by atoms with Crippen molar-refractivity contribution >= 4 is 21.4 Å². The Morgan fingerprint density at radius 3 is 2.21 bits per heavy atom. The quantitative estimate of drug-likeness (QED) is 0.872. The number of benzene rings is 1. The molecular weight excluding hydrogens is 264 g/mol. The van der Waals surface area contributed by atoms with Gasteiger partial charge in [0.25, 0.3) is 0 Å². The highest BCUT2D eigenvalue weighted by atomic mass is 32.2. The van der Waals surface area contributed by atoms with Gasteiger partial charge in [-0.1, -0.05) is 12.1 Å². The lowest BCUT2D eigenvalue weighted by molar-refractivity contribution is -0.117.